The molecule has 0 saturated heterocycles. The maximum Gasteiger partial charge on any atom is 0.167 e. The molecule has 0 atom stereocenters. The number of nitrogens with zero attached hydrogens (tertiary/aromatic N) is 4. The van der Waals surface area contributed by atoms with Crippen LogP contribution < -0.4 is 0 Å². The molecule has 59 heavy (non-hydrogen) atoms. The quantitative estimate of drug-likeness (QED) is 0.179. The van der Waals surface area contributed by atoms with Gasteiger partial charge in [0.15, 0.2) is 17.5 Å². The van der Waals surface area contributed by atoms with Gasteiger partial charge in [0, 0.05) is 63.6 Å². The molecule has 0 aliphatic carbocycles. The number of para-hydroxylation sites is 2. The third-order valence-electron chi connectivity index (χ3n) is 11.8. The summed E-state index contributed by atoms with van der Waals surface area (Å²) in [5.41, 5.74) is 7.70. The van der Waals surface area contributed by atoms with Crippen molar-refractivity contribution < 1.29 is 4.42 Å². The van der Waals surface area contributed by atoms with Crippen LogP contribution in [0.4, 0.5) is 0 Å². The van der Waals surface area contributed by atoms with Crippen LogP contribution in [0.1, 0.15) is 0 Å². The second-order valence-electron chi connectivity index (χ2n) is 15.2. The van der Waals surface area contributed by atoms with Gasteiger partial charge in [0.2, 0.25) is 0 Å². The first-order valence-corrected chi connectivity index (χ1v) is 20.6. The number of thiophene rings is 1. The Labute approximate surface area is 341 Å². The maximum absolute atomic E-state index is 7.03. The molecule has 0 aliphatic rings. The Balaban J connectivity index is 1.06. The van der Waals surface area contributed by atoms with Crippen molar-refractivity contribution in [1.82, 2.24) is 19.5 Å². The molecule has 0 spiro atoms. The van der Waals surface area contributed by atoms with Gasteiger partial charge in [0.25, 0.3) is 0 Å². The number of rotatable bonds is 4. The standard InChI is InChI=1S/C53H30N4OS/c1-2-13-31(14-3-1)51-54-52(34-25-26-38-37-19-9-11-24-47(37)59-48(38)29-34)56-53(55-51)41-22-12-21-40-43-30-46(35-17-6-7-20-39(35)50(43)58-49(40)41)57-44-23-10-8-18-36(44)42-27-32-15-4-5-16-33(32)28-45(42)57/h1-30H. The molecule has 0 unspecified atom stereocenters. The van der Waals surface area contributed by atoms with E-state index >= 15 is 0 Å². The number of fused-ring (bicyclic) bond motifs is 12. The third kappa shape index (κ3) is 4.87. The van der Waals surface area contributed by atoms with Gasteiger partial charge in [0.1, 0.15) is 11.2 Å². The highest BCUT2D eigenvalue weighted by Gasteiger charge is 2.22. The van der Waals surface area contributed by atoms with Crippen LogP contribution in [-0.4, -0.2) is 19.5 Å². The first kappa shape index (κ1) is 32.4. The van der Waals surface area contributed by atoms with Crippen molar-refractivity contribution >= 4 is 96.8 Å². The second kappa shape index (κ2) is 12.4. The van der Waals surface area contributed by atoms with Gasteiger partial charge in [-0.05, 0) is 53.2 Å². The van der Waals surface area contributed by atoms with Crippen LogP contribution in [0.2, 0.25) is 0 Å². The summed E-state index contributed by atoms with van der Waals surface area (Å²) in [5, 5.41) is 11.6. The molecule has 0 bridgehead atoms. The number of furan rings is 1. The minimum absolute atomic E-state index is 0.564. The van der Waals surface area contributed by atoms with Crippen molar-refractivity contribution in [2.75, 3.05) is 0 Å². The number of aromatic nitrogens is 4. The highest BCUT2D eigenvalue weighted by Crippen LogP contribution is 2.44. The molecule has 274 valence electrons. The zero-order chi connectivity index (χ0) is 38.6. The number of benzene rings is 9. The van der Waals surface area contributed by atoms with Crippen molar-refractivity contribution in [3.8, 4) is 39.9 Å². The van der Waals surface area contributed by atoms with E-state index in [0.717, 1.165) is 60.6 Å². The van der Waals surface area contributed by atoms with Crippen molar-refractivity contribution in [2.45, 2.75) is 0 Å². The summed E-state index contributed by atoms with van der Waals surface area (Å²) in [4.78, 5) is 15.4. The van der Waals surface area contributed by atoms with Gasteiger partial charge in [-0.2, -0.15) is 0 Å². The molecular formula is C53H30N4OS. The summed E-state index contributed by atoms with van der Waals surface area (Å²) < 4.78 is 11.9. The first-order chi connectivity index (χ1) is 29.2. The predicted octanol–water partition coefficient (Wildman–Crippen LogP) is 14.5. The summed E-state index contributed by atoms with van der Waals surface area (Å²) in [6.45, 7) is 0. The van der Waals surface area contributed by atoms with Crippen LogP contribution in [0.3, 0.4) is 0 Å². The van der Waals surface area contributed by atoms with E-state index in [1.54, 1.807) is 11.3 Å². The molecule has 6 heteroatoms. The highest BCUT2D eigenvalue weighted by atomic mass is 32.1. The van der Waals surface area contributed by atoms with E-state index in [2.05, 4.69) is 156 Å². The Bertz CT molecular complexity index is 3860. The highest BCUT2D eigenvalue weighted by molar-refractivity contribution is 7.25. The van der Waals surface area contributed by atoms with Crippen molar-refractivity contribution in [3.63, 3.8) is 0 Å². The molecule has 0 N–H and O–H groups in total. The topological polar surface area (TPSA) is 56.7 Å². The van der Waals surface area contributed by atoms with E-state index < -0.39 is 0 Å². The predicted molar refractivity (Wildman–Crippen MR) is 246 cm³/mol. The Kier molecular flexibility index (Phi) is 6.82. The fourth-order valence-corrected chi connectivity index (χ4v) is 10.2. The summed E-state index contributed by atoms with van der Waals surface area (Å²) in [6.07, 6.45) is 0. The lowest BCUT2D eigenvalue weighted by Gasteiger charge is -2.13. The van der Waals surface area contributed by atoms with Crippen LogP contribution in [0.15, 0.2) is 186 Å². The third-order valence-corrected chi connectivity index (χ3v) is 12.9. The zero-order valence-corrected chi connectivity index (χ0v) is 32.2. The van der Waals surface area contributed by atoms with Crippen LogP contribution in [0, 0.1) is 0 Å². The zero-order valence-electron chi connectivity index (χ0n) is 31.4. The van der Waals surface area contributed by atoms with E-state index in [1.165, 1.54) is 47.2 Å². The van der Waals surface area contributed by atoms with Crippen LogP contribution >= 0.6 is 11.3 Å². The summed E-state index contributed by atoms with van der Waals surface area (Å²) in [7, 11) is 0. The van der Waals surface area contributed by atoms with Gasteiger partial charge < -0.3 is 8.98 Å². The molecule has 0 aliphatic heterocycles. The molecule has 0 fully saturated rings. The summed E-state index contributed by atoms with van der Waals surface area (Å²) >= 11 is 1.79. The van der Waals surface area contributed by atoms with E-state index in [0.29, 0.717) is 17.5 Å². The van der Waals surface area contributed by atoms with Gasteiger partial charge in [0.05, 0.1) is 22.3 Å². The lowest BCUT2D eigenvalue weighted by Crippen LogP contribution is -2.00. The fourth-order valence-electron chi connectivity index (χ4n) is 9.08. The monoisotopic (exact) mass is 770 g/mol. The average Bonchev–Trinajstić information content (AvgIpc) is 3.97. The van der Waals surface area contributed by atoms with E-state index in [9.17, 15) is 0 Å². The van der Waals surface area contributed by atoms with Gasteiger partial charge >= 0.3 is 0 Å². The van der Waals surface area contributed by atoms with Crippen molar-refractivity contribution in [1.29, 1.82) is 0 Å². The number of hydrogen-bond donors (Lipinski definition) is 0. The second-order valence-corrected chi connectivity index (χ2v) is 16.2. The molecule has 0 saturated carbocycles. The molecule has 0 radical (unpaired) electrons. The lowest BCUT2D eigenvalue weighted by molar-refractivity contribution is 0.673. The smallest absolute Gasteiger partial charge is 0.167 e. The van der Waals surface area contributed by atoms with E-state index in [4.69, 9.17) is 19.4 Å². The molecule has 5 nitrogen and oxygen atoms in total. The van der Waals surface area contributed by atoms with E-state index in [1.807, 2.05) is 30.3 Å². The van der Waals surface area contributed by atoms with Gasteiger partial charge in [-0.3, -0.25) is 0 Å². The lowest BCUT2D eigenvalue weighted by atomic mass is 10.0. The molecule has 9 aromatic carbocycles. The average molecular weight is 771 g/mol. The molecule has 4 heterocycles. The molecule has 4 aromatic heterocycles. The summed E-state index contributed by atoms with van der Waals surface area (Å²) in [5.74, 6) is 1.79. The Morgan fingerprint density at radius 2 is 1.02 bits per heavy atom. The van der Waals surface area contributed by atoms with Gasteiger partial charge in [-0.25, -0.2) is 15.0 Å². The minimum Gasteiger partial charge on any atom is -0.455 e. The minimum atomic E-state index is 0.564. The van der Waals surface area contributed by atoms with E-state index in [-0.39, 0.29) is 0 Å². The van der Waals surface area contributed by atoms with Crippen LogP contribution in [0.5, 0.6) is 0 Å². The molecule has 0 amide bonds. The Morgan fingerprint density at radius 1 is 0.373 bits per heavy atom. The maximum atomic E-state index is 7.03. The number of hydrogen-bond acceptors (Lipinski definition) is 5. The molecule has 13 rings (SSSR count). The Hall–Kier alpha value is -7.67. The largest absolute Gasteiger partial charge is 0.455 e. The van der Waals surface area contributed by atoms with Crippen LogP contribution in [-0.2, 0) is 0 Å². The normalized spacial score (nSPS) is 12.1. The molecular weight excluding hydrogens is 741 g/mol. The van der Waals surface area contributed by atoms with Gasteiger partial charge in [-0.15, -0.1) is 11.3 Å². The molecule has 13 aromatic rings. The van der Waals surface area contributed by atoms with Gasteiger partial charge in [-0.1, -0.05) is 140 Å². The van der Waals surface area contributed by atoms with Crippen LogP contribution in [0.25, 0.3) is 125 Å². The summed E-state index contributed by atoms with van der Waals surface area (Å²) in [6, 6.07) is 64.4. The first-order valence-electron chi connectivity index (χ1n) is 19.8. The SMILES string of the molecule is c1ccc(-c2nc(-c3ccc4c(c3)sc3ccccc34)nc(-c3cccc4c3oc3c5ccccc5c(-n5c6ccccc6c6cc7ccccc7cc65)cc43)n2)cc1. The van der Waals surface area contributed by atoms with Crippen molar-refractivity contribution in [2.24, 2.45) is 0 Å². The fraction of sp³-hybridized carbons (Fsp3) is 0. The van der Waals surface area contributed by atoms with Crippen molar-refractivity contribution in [3.05, 3.63) is 182 Å². The Morgan fingerprint density at radius 3 is 1.88 bits per heavy atom.